The van der Waals surface area contributed by atoms with E-state index < -0.39 is 39.5 Å². The Morgan fingerprint density at radius 1 is 1.11 bits per heavy atom. The number of benzene rings is 3. The molecule has 1 heterocycles. The standard InChI is InChI=1S/C26H22N4O7S/c27-16-19-14-20(30(33)34)10-11-23(19)28-25(31)17-37-26(32)15-24-22-9-5-4-6-18(22)12-13-29(24)38(35,36)21-7-2-1-3-8-21/h1-11,14,24H,12-13,15,17H2,(H,28,31). The smallest absolute Gasteiger partial charge is 0.308 e. The van der Waals surface area contributed by atoms with E-state index in [4.69, 9.17) is 4.74 Å². The molecule has 3 aromatic carbocycles. The van der Waals surface area contributed by atoms with Crippen LogP contribution in [0.15, 0.2) is 77.7 Å². The van der Waals surface area contributed by atoms with Gasteiger partial charge in [0.25, 0.3) is 11.6 Å². The Bertz CT molecular complexity index is 1530. The summed E-state index contributed by atoms with van der Waals surface area (Å²) in [7, 11) is -3.92. The van der Waals surface area contributed by atoms with E-state index in [0.29, 0.717) is 12.0 Å². The Kier molecular flexibility index (Phi) is 7.80. The third kappa shape index (κ3) is 5.69. The van der Waals surface area contributed by atoms with Crippen LogP contribution in [-0.2, 0) is 30.8 Å². The molecule has 38 heavy (non-hydrogen) atoms. The average molecular weight is 535 g/mol. The van der Waals surface area contributed by atoms with Gasteiger partial charge in [0.1, 0.15) is 6.07 Å². The van der Waals surface area contributed by atoms with Crippen molar-refractivity contribution in [1.82, 2.24) is 4.31 Å². The SMILES string of the molecule is N#Cc1cc([N+](=O)[O-])ccc1NC(=O)COC(=O)CC1c2ccccc2CCN1S(=O)(=O)c1ccccc1. The summed E-state index contributed by atoms with van der Waals surface area (Å²) in [5.41, 5.74) is 1.20. The van der Waals surface area contributed by atoms with Gasteiger partial charge in [0.15, 0.2) is 6.61 Å². The molecule has 0 spiro atoms. The highest BCUT2D eigenvalue weighted by atomic mass is 32.2. The number of nitrogens with zero attached hydrogens (tertiary/aromatic N) is 3. The Balaban J connectivity index is 1.47. The second-order valence-electron chi connectivity index (χ2n) is 8.41. The minimum atomic E-state index is -3.92. The zero-order chi connectivity index (χ0) is 27.3. The predicted molar refractivity (Wildman–Crippen MR) is 135 cm³/mol. The van der Waals surface area contributed by atoms with Gasteiger partial charge in [-0.2, -0.15) is 9.57 Å². The third-order valence-electron chi connectivity index (χ3n) is 6.05. The van der Waals surface area contributed by atoms with Gasteiger partial charge in [0, 0.05) is 18.7 Å². The normalized spacial score (nSPS) is 15.1. The first-order valence-corrected chi connectivity index (χ1v) is 12.9. The van der Waals surface area contributed by atoms with E-state index in [0.717, 1.165) is 17.7 Å². The van der Waals surface area contributed by atoms with Crippen LogP contribution >= 0.6 is 0 Å². The Morgan fingerprint density at radius 2 is 1.82 bits per heavy atom. The first-order valence-electron chi connectivity index (χ1n) is 11.5. The minimum Gasteiger partial charge on any atom is -0.456 e. The second-order valence-corrected chi connectivity index (χ2v) is 10.3. The lowest BCUT2D eigenvalue weighted by Gasteiger charge is -2.36. The van der Waals surface area contributed by atoms with Crippen molar-refractivity contribution in [2.24, 2.45) is 0 Å². The molecule has 3 aromatic rings. The molecule has 1 unspecified atom stereocenters. The number of ether oxygens (including phenoxy) is 1. The summed E-state index contributed by atoms with van der Waals surface area (Å²) in [6, 6.07) is 19.5. The summed E-state index contributed by atoms with van der Waals surface area (Å²) in [6.45, 7) is -0.524. The molecular formula is C26H22N4O7S. The number of nitro benzene ring substituents is 1. The van der Waals surface area contributed by atoms with Gasteiger partial charge in [-0.1, -0.05) is 42.5 Å². The topological polar surface area (TPSA) is 160 Å². The quantitative estimate of drug-likeness (QED) is 0.262. The molecule has 0 fully saturated rings. The van der Waals surface area contributed by atoms with Crippen LogP contribution in [0.4, 0.5) is 11.4 Å². The van der Waals surface area contributed by atoms with Crippen molar-refractivity contribution < 1.29 is 27.7 Å². The molecule has 1 N–H and O–H groups in total. The zero-order valence-corrected chi connectivity index (χ0v) is 20.8. The molecule has 0 aromatic heterocycles. The van der Waals surface area contributed by atoms with E-state index in [1.165, 1.54) is 22.5 Å². The van der Waals surface area contributed by atoms with Crippen molar-refractivity contribution in [3.63, 3.8) is 0 Å². The number of fused-ring (bicyclic) bond motifs is 1. The Labute approximate surface area is 218 Å². The first kappa shape index (κ1) is 26.5. The van der Waals surface area contributed by atoms with Gasteiger partial charge in [0.05, 0.1) is 33.5 Å². The van der Waals surface area contributed by atoms with E-state index in [1.807, 2.05) is 12.1 Å². The molecule has 4 rings (SSSR count). The van der Waals surface area contributed by atoms with Gasteiger partial charge in [-0.3, -0.25) is 19.7 Å². The molecule has 0 saturated carbocycles. The van der Waals surface area contributed by atoms with Gasteiger partial charge >= 0.3 is 5.97 Å². The molecule has 0 aliphatic carbocycles. The lowest BCUT2D eigenvalue weighted by molar-refractivity contribution is -0.384. The zero-order valence-electron chi connectivity index (χ0n) is 19.9. The summed E-state index contributed by atoms with van der Waals surface area (Å²) < 4.78 is 33.3. The molecular weight excluding hydrogens is 512 g/mol. The van der Waals surface area contributed by atoms with Gasteiger partial charge in [-0.05, 0) is 35.7 Å². The van der Waals surface area contributed by atoms with Gasteiger partial charge < -0.3 is 10.1 Å². The molecule has 0 radical (unpaired) electrons. The van der Waals surface area contributed by atoms with E-state index >= 15 is 0 Å². The number of carbonyl (C=O) groups excluding carboxylic acids is 2. The van der Waals surface area contributed by atoms with E-state index in [9.17, 15) is 33.4 Å². The third-order valence-corrected chi connectivity index (χ3v) is 7.97. The van der Waals surface area contributed by atoms with Crippen LogP contribution in [-0.4, -0.2) is 42.7 Å². The maximum atomic E-state index is 13.4. The fourth-order valence-electron chi connectivity index (χ4n) is 4.25. The van der Waals surface area contributed by atoms with Gasteiger partial charge in [-0.25, -0.2) is 8.42 Å². The van der Waals surface area contributed by atoms with Crippen molar-refractivity contribution in [3.05, 3.63) is 99.6 Å². The summed E-state index contributed by atoms with van der Waals surface area (Å²) >= 11 is 0. The molecule has 1 aliphatic heterocycles. The molecule has 0 saturated heterocycles. The van der Waals surface area contributed by atoms with Crippen molar-refractivity contribution in [3.8, 4) is 6.07 Å². The number of hydrogen-bond donors (Lipinski definition) is 1. The van der Waals surface area contributed by atoms with E-state index in [-0.39, 0.29) is 34.8 Å². The predicted octanol–water partition coefficient (Wildman–Crippen LogP) is 3.33. The van der Waals surface area contributed by atoms with Crippen LogP contribution in [0.5, 0.6) is 0 Å². The number of rotatable bonds is 8. The highest BCUT2D eigenvalue weighted by Gasteiger charge is 2.37. The Morgan fingerprint density at radius 3 is 2.53 bits per heavy atom. The number of anilines is 1. The molecule has 12 heteroatoms. The highest BCUT2D eigenvalue weighted by Crippen LogP contribution is 2.36. The summed E-state index contributed by atoms with van der Waals surface area (Å²) in [4.78, 5) is 35.5. The fraction of sp³-hybridized carbons (Fsp3) is 0.192. The van der Waals surface area contributed by atoms with Crippen LogP contribution < -0.4 is 5.32 Å². The number of sulfonamides is 1. The van der Waals surface area contributed by atoms with Crippen molar-refractivity contribution in [1.29, 1.82) is 5.26 Å². The monoisotopic (exact) mass is 534 g/mol. The van der Waals surface area contributed by atoms with Gasteiger partial charge in [0.2, 0.25) is 10.0 Å². The van der Waals surface area contributed by atoms with Crippen molar-refractivity contribution in [2.45, 2.75) is 23.8 Å². The number of nitrogens with one attached hydrogen (secondary N) is 1. The summed E-state index contributed by atoms with van der Waals surface area (Å²) in [6.07, 6.45) is 0.157. The van der Waals surface area contributed by atoms with Crippen LogP contribution in [0, 0.1) is 21.4 Å². The molecule has 1 aliphatic rings. The number of nitriles is 1. The van der Waals surface area contributed by atoms with Crippen LogP contribution in [0.25, 0.3) is 0 Å². The lowest BCUT2D eigenvalue weighted by Crippen LogP contribution is -2.41. The number of amides is 1. The minimum absolute atomic E-state index is 0.0282. The van der Waals surface area contributed by atoms with E-state index in [2.05, 4.69) is 5.32 Å². The maximum Gasteiger partial charge on any atom is 0.308 e. The first-order chi connectivity index (χ1) is 18.2. The van der Waals surface area contributed by atoms with Gasteiger partial charge in [-0.15, -0.1) is 0 Å². The molecule has 194 valence electrons. The van der Waals surface area contributed by atoms with E-state index in [1.54, 1.807) is 36.4 Å². The lowest BCUT2D eigenvalue weighted by atomic mass is 9.92. The average Bonchev–Trinajstić information content (AvgIpc) is 2.92. The second kappa shape index (κ2) is 11.2. The molecule has 1 atom stereocenters. The van der Waals surface area contributed by atoms with Crippen molar-refractivity contribution in [2.75, 3.05) is 18.5 Å². The summed E-state index contributed by atoms with van der Waals surface area (Å²) in [5.74, 6) is -1.55. The molecule has 11 nitrogen and oxygen atoms in total. The van der Waals surface area contributed by atoms with Crippen LogP contribution in [0.2, 0.25) is 0 Å². The highest BCUT2D eigenvalue weighted by molar-refractivity contribution is 7.89. The Hall–Kier alpha value is -4.60. The molecule has 0 bridgehead atoms. The summed E-state index contributed by atoms with van der Waals surface area (Å²) in [5, 5.41) is 22.5. The van der Waals surface area contributed by atoms with Crippen LogP contribution in [0.3, 0.4) is 0 Å². The largest absolute Gasteiger partial charge is 0.456 e. The number of nitro groups is 1. The number of esters is 1. The fourth-order valence-corrected chi connectivity index (χ4v) is 5.88. The van der Waals surface area contributed by atoms with Crippen molar-refractivity contribution >= 4 is 33.3 Å². The maximum absolute atomic E-state index is 13.4. The number of carbonyl (C=O) groups is 2. The number of hydrogen-bond acceptors (Lipinski definition) is 8. The van der Waals surface area contributed by atoms with Crippen LogP contribution in [0.1, 0.15) is 29.2 Å². The molecule has 1 amide bonds. The number of non-ortho nitro benzene ring substituents is 1.